The number of rotatable bonds is 2. The van der Waals surface area contributed by atoms with Crippen LogP contribution in [0.4, 0.5) is 0 Å². The van der Waals surface area contributed by atoms with Crippen LogP contribution in [0.25, 0.3) is 11.1 Å². The molecule has 0 atom stereocenters. The van der Waals surface area contributed by atoms with Gasteiger partial charge in [-0.15, -0.1) is 0 Å². The smallest absolute Gasteiger partial charge is 0.161 e. The van der Waals surface area contributed by atoms with Crippen LogP contribution in [0.5, 0.6) is 0 Å². The molecule has 0 aliphatic heterocycles. The molecule has 0 bridgehead atoms. The van der Waals surface area contributed by atoms with E-state index in [-0.39, 0.29) is 5.78 Å². The van der Waals surface area contributed by atoms with Crippen molar-refractivity contribution in [2.75, 3.05) is 0 Å². The zero-order chi connectivity index (χ0) is 13.3. The van der Waals surface area contributed by atoms with E-state index >= 15 is 0 Å². The molecule has 0 heterocycles. The van der Waals surface area contributed by atoms with Gasteiger partial charge in [0.15, 0.2) is 5.78 Å². The second kappa shape index (κ2) is 5.31. The molecule has 0 aliphatic carbocycles. The molecule has 0 radical (unpaired) electrons. The van der Waals surface area contributed by atoms with E-state index in [9.17, 15) is 4.79 Å². The van der Waals surface area contributed by atoms with Gasteiger partial charge in [-0.05, 0) is 42.8 Å². The molecule has 2 aromatic rings. The van der Waals surface area contributed by atoms with Gasteiger partial charge in [-0.2, -0.15) is 0 Å². The van der Waals surface area contributed by atoms with Gasteiger partial charge in [-0.25, -0.2) is 0 Å². The van der Waals surface area contributed by atoms with Crippen LogP contribution in [0.2, 0.25) is 15.1 Å². The van der Waals surface area contributed by atoms with Crippen molar-refractivity contribution in [2.45, 2.75) is 6.92 Å². The SMILES string of the molecule is CC(=O)c1ccc(-c2cc(Cl)ccc2Cl)cc1Cl. The maximum atomic E-state index is 11.3. The van der Waals surface area contributed by atoms with Gasteiger partial charge in [0.2, 0.25) is 0 Å². The molecule has 4 heteroatoms. The van der Waals surface area contributed by atoms with Crippen LogP contribution < -0.4 is 0 Å². The minimum Gasteiger partial charge on any atom is -0.294 e. The fourth-order valence-electron chi connectivity index (χ4n) is 1.69. The van der Waals surface area contributed by atoms with Gasteiger partial charge in [0.05, 0.1) is 5.02 Å². The minimum absolute atomic E-state index is 0.0660. The van der Waals surface area contributed by atoms with E-state index < -0.39 is 0 Å². The van der Waals surface area contributed by atoms with E-state index in [1.54, 1.807) is 36.4 Å². The second-order valence-corrected chi connectivity index (χ2v) is 5.13. The lowest BCUT2D eigenvalue weighted by atomic mass is 10.0. The van der Waals surface area contributed by atoms with Gasteiger partial charge >= 0.3 is 0 Å². The summed E-state index contributed by atoms with van der Waals surface area (Å²) >= 11 is 18.1. The first kappa shape index (κ1) is 13.4. The summed E-state index contributed by atoms with van der Waals surface area (Å²) in [6.45, 7) is 1.48. The molecule has 0 amide bonds. The summed E-state index contributed by atoms with van der Waals surface area (Å²) in [4.78, 5) is 11.3. The van der Waals surface area contributed by atoms with E-state index in [0.29, 0.717) is 20.6 Å². The third-order valence-corrected chi connectivity index (χ3v) is 3.47. The number of ketones is 1. The summed E-state index contributed by atoms with van der Waals surface area (Å²) in [5.74, 6) is -0.0660. The van der Waals surface area contributed by atoms with E-state index in [1.807, 2.05) is 0 Å². The predicted molar refractivity (Wildman–Crippen MR) is 76.9 cm³/mol. The summed E-state index contributed by atoms with van der Waals surface area (Å²) in [5.41, 5.74) is 2.12. The zero-order valence-electron chi connectivity index (χ0n) is 9.51. The lowest BCUT2D eigenvalue weighted by Gasteiger charge is -2.07. The van der Waals surface area contributed by atoms with Crippen molar-refractivity contribution in [1.29, 1.82) is 0 Å². The summed E-state index contributed by atoms with van der Waals surface area (Å²) in [6, 6.07) is 10.4. The molecule has 0 unspecified atom stereocenters. The first-order valence-electron chi connectivity index (χ1n) is 5.25. The van der Waals surface area contributed by atoms with Crippen LogP contribution >= 0.6 is 34.8 Å². The summed E-state index contributed by atoms with van der Waals surface area (Å²) in [7, 11) is 0. The topological polar surface area (TPSA) is 17.1 Å². The van der Waals surface area contributed by atoms with E-state index in [4.69, 9.17) is 34.8 Å². The third-order valence-electron chi connectivity index (χ3n) is 2.59. The lowest BCUT2D eigenvalue weighted by molar-refractivity contribution is 0.101. The summed E-state index contributed by atoms with van der Waals surface area (Å²) in [6.07, 6.45) is 0. The molecule has 1 nitrogen and oxygen atoms in total. The summed E-state index contributed by atoms with van der Waals surface area (Å²) in [5, 5.41) is 1.60. The highest BCUT2D eigenvalue weighted by atomic mass is 35.5. The Morgan fingerprint density at radius 3 is 2.28 bits per heavy atom. The van der Waals surface area contributed by atoms with Crippen molar-refractivity contribution in [3.05, 3.63) is 57.0 Å². The van der Waals surface area contributed by atoms with Crippen LogP contribution in [-0.2, 0) is 0 Å². The molecule has 0 spiro atoms. The van der Waals surface area contributed by atoms with Gasteiger partial charge in [0, 0.05) is 21.2 Å². The Labute approximate surface area is 120 Å². The molecular formula is C14H9Cl3O. The molecule has 0 aromatic heterocycles. The van der Waals surface area contributed by atoms with Gasteiger partial charge in [-0.3, -0.25) is 4.79 Å². The number of Topliss-reactive ketones (excluding diaryl/α,β-unsaturated/α-hetero) is 1. The van der Waals surface area contributed by atoms with Crippen molar-refractivity contribution >= 4 is 40.6 Å². The van der Waals surface area contributed by atoms with Crippen molar-refractivity contribution in [3.8, 4) is 11.1 Å². The van der Waals surface area contributed by atoms with E-state index in [2.05, 4.69) is 0 Å². The van der Waals surface area contributed by atoms with Crippen molar-refractivity contribution in [1.82, 2.24) is 0 Å². The molecule has 18 heavy (non-hydrogen) atoms. The fourth-order valence-corrected chi connectivity index (χ4v) is 2.40. The molecule has 0 N–H and O–H groups in total. The number of carbonyl (C=O) groups excluding carboxylic acids is 1. The Bertz CT molecular complexity index is 620. The number of carbonyl (C=O) groups is 1. The number of halogens is 3. The van der Waals surface area contributed by atoms with Crippen molar-refractivity contribution in [3.63, 3.8) is 0 Å². The van der Waals surface area contributed by atoms with Crippen LogP contribution in [0.3, 0.4) is 0 Å². The Kier molecular flexibility index (Phi) is 3.96. The average Bonchev–Trinajstić information content (AvgIpc) is 2.31. The van der Waals surface area contributed by atoms with Gasteiger partial charge in [0.1, 0.15) is 0 Å². The maximum Gasteiger partial charge on any atom is 0.161 e. The minimum atomic E-state index is -0.0660. The predicted octanol–water partition coefficient (Wildman–Crippen LogP) is 5.52. The first-order valence-corrected chi connectivity index (χ1v) is 6.38. The molecule has 0 aliphatic rings. The van der Waals surface area contributed by atoms with Crippen LogP contribution in [0.15, 0.2) is 36.4 Å². The van der Waals surface area contributed by atoms with Gasteiger partial charge < -0.3 is 0 Å². The van der Waals surface area contributed by atoms with Crippen LogP contribution in [0.1, 0.15) is 17.3 Å². The number of benzene rings is 2. The fraction of sp³-hybridized carbons (Fsp3) is 0.0714. The number of hydrogen-bond acceptors (Lipinski definition) is 1. The summed E-state index contributed by atoms with van der Waals surface area (Å²) < 4.78 is 0. The Hall–Kier alpha value is -1.02. The normalized spacial score (nSPS) is 10.4. The zero-order valence-corrected chi connectivity index (χ0v) is 11.8. The molecule has 2 rings (SSSR count). The standard InChI is InChI=1S/C14H9Cl3O/c1-8(18)11-4-2-9(6-14(11)17)12-7-10(15)3-5-13(12)16/h2-7H,1H3. The maximum absolute atomic E-state index is 11.3. The Morgan fingerprint density at radius 2 is 1.67 bits per heavy atom. The third kappa shape index (κ3) is 2.69. The molecule has 0 fully saturated rings. The van der Waals surface area contributed by atoms with Crippen molar-refractivity contribution < 1.29 is 4.79 Å². The molecule has 92 valence electrons. The number of hydrogen-bond donors (Lipinski definition) is 0. The molecule has 0 saturated heterocycles. The molecular weight excluding hydrogens is 291 g/mol. The largest absolute Gasteiger partial charge is 0.294 e. The highest BCUT2D eigenvalue weighted by molar-refractivity contribution is 6.36. The van der Waals surface area contributed by atoms with Gasteiger partial charge in [-0.1, -0.05) is 40.9 Å². The first-order chi connectivity index (χ1) is 8.49. The highest BCUT2D eigenvalue weighted by Gasteiger charge is 2.09. The van der Waals surface area contributed by atoms with Gasteiger partial charge in [0.25, 0.3) is 0 Å². The lowest BCUT2D eigenvalue weighted by Crippen LogP contribution is -1.93. The van der Waals surface area contributed by atoms with Crippen molar-refractivity contribution in [2.24, 2.45) is 0 Å². The highest BCUT2D eigenvalue weighted by Crippen LogP contribution is 2.33. The van der Waals surface area contributed by atoms with Crippen LogP contribution in [0, 0.1) is 0 Å². The van der Waals surface area contributed by atoms with Crippen LogP contribution in [-0.4, -0.2) is 5.78 Å². The second-order valence-electron chi connectivity index (χ2n) is 3.87. The average molecular weight is 300 g/mol. The monoisotopic (exact) mass is 298 g/mol. The Morgan fingerprint density at radius 1 is 0.944 bits per heavy atom. The molecule has 0 saturated carbocycles. The van der Waals surface area contributed by atoms with E-state index in [0.717, 1.165) is 11.1 Å². The van der Waals surface area contributed by atoms with E-state index in [1.165, 1.54) is 6.92 Å². The Balaban J connectivity index is 2.55. The quantitative estimate of drug-likeness (QED) is 0.668. The molecule has 2 aromatic carbocycles.